The van der Waals surface area contributed by atoms with Crippen LogP contribution in [0.15, 0.2) is 66.1 Å². The first-order valence-corrected chi connectivity index (χ1v) is 9.89. The summed E-state index contributed by atoms with van der Waals surface area (Å²) >= 11 is 0. The molecule has 0 saturated heterocycles. The highest BCUT2D eigenvalue weighted by molar-refractivity contribution is 6.00. The summed E-state index contributed by atoms with van der Waals surface area (Å²) in [5.41, 5.74) is 3.60. The Kier molecular flexibility index (Phi) is 4.50. The Labute approximate surface area is 174 Å². The van der Waals surface area contributed by atoms with Gasteiger partial charge in [-0.25, -0.2) is 4.68 Å². The molecule has 2 aliphatic rings. The fourth-order valence-electron chi connectivity index (χ4n) is 4.45. The lowest BCUT2D eigenvalue weighted by atomic mass is 9.78. The van der Waals surface area contributed by atoms with Crippen LogP contribution in [0.2, 0.25) is 0 Å². The molecule has 5 rings (SSSR count). The molecule has 7 nitrogen and oxygen atoms in total. The number of hydrogen-bond donors (Lipinski definition) is 1. The van der Waals surface area contributed by atoms with Crippen LogP contribution in [0.25, 0.3) is 0 Å². The first-order valence-electron chi connectivity index (χ1n) is 9.89. The van der Waals surface area contributed by atoms with Crippen molar-refractivity contribution in [3.63, 3.8) is 0 Å². The highest BCUT2D eigenvalue weighted by Gasteiger charge is 2.40. The van der Waals surface area contributed by atoms with Crippen molar-refractivity contribution in [1.82, 2.24) is 14.8 Å². The van der Waals surface area contributed by atoms with Crippen LogP contribution in [0, 0.1) is 0 Å². The third kappa shape index (κ3) is 2.94. The number of ketones is 1. The lowest BCUT2D eigenvalue weighted by Gasteiger charge is -2.35. The number of benzene rings is 2. The molecule has 1 aromatic heterocycles. The average molecular weight is 402 g/mol. The zero-order chi connectivity index (χ0) is 20.7. The van der Waals surface area contributed by atoms with Crippen molar-refractivity contribution in [2.75, 3.05) is 19.5 Å². The highest BCUT2D eigenvalue weighted by Crippen LogP contribution is 2.46. The van der Waals surface area contributed by atoms with Crippen molar-refractivity contribution in [2.24, 2.45) is 0 Å². The first-order chi connectivity index (χ1) is 14.7. The van der Waals surface area contributed by atoms with Gasteiger partial charge in [-0.2, -0.15) is 10.1 Å². The number of fused-ring (bicyclic) bond motifs is 1. The second kappa shape index (κ2) is 7.33. The van der Waals surface area contributed by atoms with Crippen molar-refractivity contribution in [1.29, 1.82) is 0 Å². The summed E-state index contributed by atoms with van der Waals surface area (Å²) in [6.45, 7) is 0. The molecule has 0 bridgehead atoms. The lowest BCUT2D eigenvalue weighted by Crippen LogP contribution is -2.33. The molecule has 30 heavy (non-hydrogen) atoms. The molecule has 3 aromatic rings. The van der Waals surface area contributed by atoms with Gasteiger partial charge >= 0.3 is 0 Å². The molecule has 2 heterocycles. The molecular weight excluding hydrogens is 380 g/mol. The number of carbonyl (C=O) groups excluding carboxylic acids is 1. The van der Waals surface area contributed by atoms with Gasteiger partial charge in [0, 0.05) is 23.3 Å². The van der Waals surface area contributed by atoms with Gasteiger partial charge in [0.15, 0.2) is 5.78 Å². The summed E-state index contributed by atoms with van der Waals surface area (Å²) in [6, 6.07) is 15.4. The molecule has 1 N–H and O–H groups in total. The smallest absolute Gasteiger partial charge is 0.226 e. The lowest BCUT2D eigenvalue weighted by molar-refractivity contribution is -0.116. The number of hydrogen-bond acceptors (Lipinski definition) is 6. The summed E-state index contributed by atoms with van der Waals surface area (Å²) in [4.78, 5) is 17.8. The summed E-state index contributed by atoms with van der Waals surface area (Å²) < 4.78 is 12.8. The molecule has 1 aliphatic carbocycles. The third-order valence-electron chi connectivity index (χ3n) is 5.86. The predicted octanol–water partition coefficient (Wildman–Crippen LogP) is 3.71. The highest BCUT2D eigenvalue weighted by atomic mass is 16.5. The van der Waals surface area contributed by atoms with E-state index < -0.39 is 6.04 Å². The van der Waals surface area contributed by atoms with E-state index in [0.717, 1.165) is 17.7 Å². The molecule has 1 aliphatic heterocycles. The molecule has 0 fully saturated rings. The van der Waals surface area contributed by atoms with E-state index >= 15 is 0 Å². The summed E-state index contributed by atoms with van der Waals surface area (Å²) in [6.07, 6.45) is 2.69. The largest absolute Gasteiger partial charge is 0.497 e. The number of methoxy groups -OCH3 is 2. The van der Waals surface area contributed by atoms with Crippen LogP contribution >= 0.6 is 0 Å². The summed E-state index contributed by atoms with van der Waals surface area (Å²) in [7, 11) is 3.24. The predicted molar refractivity (Wildman–Crippen MR) is 112 cm³/mol. The third-order valence-corrected chi connectivity index (χ3v) is 5.86. The fraction of sp³-hybridized carbons (Fsp3) is 0.261. The van der Waals surface area contributed by atoms with E-state index in [2.05, 4.69) is 27.5 Å². The zero-order valence-electron chi connectivity index (χ0n) is 16.8. The van der Waals surface area contributed by atoms with Crippen LogP contribution in [0.1, 0.15) is 35.9 Å². The standard InChI is InChI=1S/C23H22N4O3/c1-29-16-8-9-20(30-2)17(12-16)22-21-18(26-23-24-13-25-27(22)23)10-15(11-19(21)28)14-6-4-3-5-7-14/h3-9,12-13,15,22H,10-11H2,1-2H3,(H,24,25,26)/t15-,22-/m0/s1. The minimum absolute atomic E-state index is 0.105. The molecule has 152 valence electrons. The average Bonchev–Trinajstić information content (AvgIpc) is 3.26. The Hall–Kier alpha value is -3.61. The van der Waals surface area contributed by atoms with Gasteiger partial charge in [-0.15, -0.1) is 0 Å². The zero-order valence-corrected chi connectivity index (χ0v) is 16.8. The molecule has 7 heteroatoms. The number of rotatable bonds is 4. The number of ether oxygens (including phenoxy) is 2. The Morgan fingerprint density at radius 3 is 2.67 bits per heavy atom. The van der Waals surface area contributed by atoms with Gasteiger partial charge in [-0.3, -0.25) is 4.79 Å². The minimum Gasteiger partial charge on any atom is -0.497 e. The fourth-order valence-corrected chi connectivity index (χ4v) is 4.45. The summed E-state index contributed by atoms with van der Waals surface area (Å²) in [5, 5.41) is 7.76. The van der Waals surface area contributed by atoms with Crippen molar-refractivity contribution in [3.05, 3.63) is 77.3 Å². The van der Waals surface area contributed by atoms with E-state index in [1.807, 2.05) is 36.4 Å². The van der Waals surface area contributed by atoms with Crippen molar-refractivity contribution < 1.29 is 14.3 Å². The molecule has 2 atom stereocenters. The van der Waals surface area contributed by atoms with E-state index in [0.29, 0.717) is 29.4 Å². The van der Waals surface area contributed by atoms with Crippen molar-refractivity contribution in [2.45, 2.75) is 24.8 Å². The molecular formula is C23H22N4O3. The van der Waals surface area contributed by atoms with Crippen LogP contribution in [0.5, 0.6) is 11.5 Å². The molecule has 2 aromatic carbocycles. The van der Waals surface area contributed by atoms with Crippen molar-refractivity contribution in [3.8, 4) is 11.5 Å². The van der Waals surface area contributed by atoms with Gasteiger partial charge < -0.3 is 14.8 Å². The quantitative estimate of drug-likeness (QED) is 0.717. The number of anilines is 1. The Bertz CT molecular complexity index is 1140. The van der Waals surface area contributed by atoms with E-state index in [1.165, 1.54) is 11.9 Å². The van der Waals surface area contributed by atoms with E-state index in [1.54, 1.807) is 18.9 Å². The van der Waals surface area contributed by atoms with Gasteiger partial charge in [0.2, 0.25) is 5.95 Å². The Balaban J connectivity index is 1.65. The van der Waals surface area contributed by atoms with Crippen LogP contribution < -0.4 is 14.8 Å². The molecule has 0 saturated carbocycles. The van der Waals surface area contributed by atoms with Crippen LogP contribution in [-0.2, 0) is 4.79 Å². The Morgan fingerprint density at radius 2 is 1.90 bits per heavy atom. The van der Waals surface area contributed by atoms with Gasteiger partial charge in [0.05, 0.1) is 14.2 Å². The number of allylic oxidation sites excluding steroid dienone is 2. The van der Waals surface area contributed by atoms with Crippen molar-refractivity contribution >= 4 is 11.7 Å². The maximum Gasteiger partial charge on any atom is 0.226 e. The van der Waals surface area contributed by atoms with E-state index in [-0.39, 0.29) is 11.7 Å². The second-order valence-electron chi connectivity index (χ2n) is 7.49. The topological polar surface area (TPSA) is 78.3 Å². The van der Waals surface area contributed by atoms with Crippen LogP contribution in [0.4, 0.5) is 5.95 Å². The van der Waals surface area contributed by atoms with Gasteiger partial charge in [0.25, 0.3) is 0 Å². The number of carbonyl (C=O) groups is 1. The van der Waals surface area contributed by atoms with Gasteiger partial charge in [-0.05, 0) is 36.1 Å². The minimum atomic E-state index is -0.423. The normalized spacial score (nSPS) is 20.3. The number of nitrogens with zero attached hydrogens (tertiary/aromatic N) is 3. The SMILES string of the molecule is COc1ccc(OC)c([C@H]2C3=C(C[C@H](c4ccccc4)CC3=O)Nc3ncnn32)c1. The number of Topliss-reactive ketones (excluding diaryl/α,β-unsaturated/α-hetero) is 1. The first kappa shape index (κ1) is 18.4. The second-order valence-corrected chi connectivity index (χ2v) is 7.49. The van der Waals surface area contributed by atoms with Gasteiger partial charge in [0.1, 0.15) is 23.9 Å². The number of aromatic nitrogens is 3. The van der Waals surface area contributed by atoms with Crippen LogP contribution in [0.3, 0.4) is 0 Å². The van der Waals surface area contributed by atoms with Gasteiger partial charge in [-0.1, -0.05) is 30.3 Å². The molecule has 0 spiro atoms. The van der Waals surface area contributed by atoms with E-state index in [4.69, 9.17) is 9.47 Å². The molecule has 0 unspecified atom stereocenters. The maximum atomic E-state index is 13.5. The number of nitrogens with one attached hydrogen (secondary N) is 1. The Morgan fingerprint density at radius 1 is 1.07 bits per heavy atom. The maximum absolute atomic E-state index is 13.5. The monoisotopic (exact) mass is 402 g/mol. The molecule has 0 amide bonds. The van der Waals surface area contributed by atoms with E-state index in [9.17, 15) is 4.79 Å². The van der Waals surface area contributed by atoms with Crippen LogP contribution in [-0.4, -0.2) is 34.8 Å². The molecule has 0 radical (unpaired) electrons. The summed E-state index contributed by atoms with van der Waals surface area (Å²) in [5.74, 6) is 2.22.